The molecular weight excluding hydrogens is 367 g/mol. The SMILES string of the molecule is [CH2-]C(=O)/[N+](=C/C)C(=O)N[C@H]1[C@H]2SCC(C)=C(C)C2[N+]1=O.[Y]. The number of urea groups is 1. The van der Waals surface area contributed by atoms with Crippen LogP contribution in [0.2, 0.25) is 0 Å². The van der Waals surface area contributed by atoms with Gasteiger partial charge in [0, 0.05) is 43.4 Å². The number of imide groups is 1. The van der Waals surface area contributed by atoms with Gasteiger partial charge in [-0.2, -0.15) is 14.7 Å². The number of nitrogens with one attached hydrogen (secondary N) is 1. The van der Waals surface area contributed by atoms with Crippen molar-refractivity contribution in [3.8, 4) is 0 Å². The summed E-state index contributed by atoms with van der Waals surface area (Å²) in [6.07, 6.45) is 0.738. The standard InChI is InChI=1S/C13H17N3O3S.Y/c1-5-15(9(4)17)13(18)14-12-11-10(16(12)19)8(3)7(2)6-20-11;/h5,10-12H,4,6H2,1-3H3;/p+1/b15-5-;/t10?,11-,12+;/m0./s1. The third kappa shape index (κ3) is 3.30. The predicted molar refractivity (Wildman–Crippen MR) is 76.7 cm³/mol. The molecule has 0 aromatic rings. The summed E-state index contributed by atoms with van der Waals surface area (Å²) in [4.78, 5) is 35.2. The van der Waals surface area contributed by atoms with Crippen molar-refractivity contribution in [1.29, 1.82) is 0 Å². The molecule has 111 valence electrons. The van der Waals surface area contributed by atoms with Crippen molar-refractivity contribution in [3.05, 3.63) is 23.0 Å². The van der Waals surface area contributed by atoms with Crippen LogP contribution in [0, 0.1) is 11.8 Å². The third-order valence-corrected chi connectivity index (χ3v) is 5.30. The summed E-state index contributed by atoms with van der Waals surface area (Å²) in [5.74, 6) is 0.243. The zero-order valence-electron chi connectivity index (χ0n) is 12.3. The molecule has 2 aliphatic heterocycles. The van der Waals surface area contributed by atoms with E-state index in [4.69, 9.17) is 0 Å². The number of hydrogen-bond donors (Lipinski definition) is 1. The topological polar surface area (TPSA) is 69.3 Å². The second-order valence-corrected chi connectivity index (χ2v) is 6.13. The number of rotatable bonds is 1. The Bertz CT molecular complexity index is 559. The van der Waals surface area contributed by atoms with E-state index in [1.807, 2.05) is 13.8 Å². The number of amides is 3. The van der Waals surface area contributed by atoms with Crippen LogP contribution in [0.15, 0.2) is 11.1 Å². The van der Waals surface area contributed by atoms with Crippen LogP contribution < -0.4 is 5.32 Å². The van der Waals surface area contributed by atoms with E-state index in [2.05, 4.69) is 12.2 Å². The normalized spacial score (nSPS) is 28.2. The molecule has 1 radical (unpaired) electrons. The Morgan fingerprint density at radius 2 is 2.10 bits per heavy atom. The fraction of sp³-hybridized carbons (Fsp3) is 0.538. The number of carbonyl (C=O) groups excluding carboxylic acids is 2. The molecule has 3 amide bonds. The summed E-state index contributed by atoms with van der Waals surface area (Å²) in [5.41, 5.74) is 2.31. The van der Waals surface area contributed by atoms with Crippen LogP contribution >= 0.6 is 11.8 Å². The van der Waals surface area contributed by atoms with Crippen LogP contribution in [0.25, 0.3) is 0 Å². The van der Waals surface area contributed by atoms with E-state index in [0.29, 0.717) is 0 Å². The van der Waals surface area contributed by atoms with Crippen LogP contribution in [-0.2, 0) is 37.5 Å². The minimum absolute atomic E-state index is 0. The largest absolute Gasteiger partial charge is 0.501 e. The number of nitrogens with zero attached hydrogens (tertiary/aromatic N) is 2. The van der Waals surface area contributed by atoms with Crippen molar-refractivity contribution >= 4 is 29.9 Å². The Kier molecular flexibility index (Phi) is 6.31. The van der Waals surface area contributed by atoms with E-state index in [1.54, 1.807) is 18.7 Å². The van der Waals surface area contributed by atoms with Crippen molar-refractivity contribution in [3.63, 3.8) is 0 Å². The summed E-state index contributed by atoms with van der Waals surface area (Å²) in [6, 6.07) is -0.783. The van der Waals surface area contributed by atoms with Gasteiger partial charge in [-0.3, -0.25) is 11.7 Å². The smallest absolute Gasteiger partial charge is 0.293 e. The van der Waals surface area contributed by atoms with Crippen molar-refractivity contribution in [2.24, 2.45) is 0 Å². The molecule has 21 heavy (non-hydrogen) atoms. The first-order valence-electron chi connectivity index (χ1n) is 6.37. The Hall–Kier alpha value is -0.526. The molecule has 8 heteroatoms. The molecule has 0 saturated carbocycles. The van der Waals surface area contributed by atoms with E-state index in [1.165, 1.54) is 11.8 Å². The molecule has 1 fully saturated rings. The Balaban J connectivity index is 0.00000220. The molecule has 0 aliphatic carbocycles. The number of fused-ring (bicyclic) bond motifs is 1. The molecule has 2 aliphatic rings. The fourth-order valence-electron chi connectivity index (χ4n) is 2.46. The molecular formula is C13H18N3O3SY+. The van der Waals surface area contributed by atoms with Gasteiger partial charge in [0.05, 0.1) is 11.0 Å². The molecule has 1 unspecified atom stereocenters. The second kappa shape index (κ2) is 7.16. The molecule has 0 aromatic heterocycles. The fourth-order valence-corrected chi connectivity index (χ4v) is 4.00. The van der Waals surface area contributed by atoms with Gasteiger partial charge in [0.25, 0.3) is 0 Å². The maximum absolute atomic E-state index is 12.1. The van der Waals surface area contributed by atoms with Gasteiger partial charge in [-0.05, 0) is 26.3 Å². The average molecular weight is 385 g/mol. The number of thioether (sulfide) groups is 1. The first-order chi connectivity index (χ1) is 9.38. The summed E-state index contributed by atoms with van der Waals surface area (Å²) in [6.45, 7) is 8.74. The number of nitroso groups, excluding NO2 is 1. The van der Waals surface area contributed by atoms with Crippen molar-refractivity contribution in [2.45, 2.75) is 38.2 Å². The average Bonchev–Trinajstić information content (AvgIpc) is 2.39. The first kappa shape index (κ1) is 18.5. The van der Waals surface area contributed by atoms with Gasteiger partial charge in [0.1, 0.15) is 0 Å². The molecule has 1 N–H and O–H groups in total. The van der Waals surface area contributed by atoms with Gasteiger partial charge in [0.2, 0.25) is 6.04 Å². The van der Waals surface area contributed by atoms with Gasteiger partial charge in [-0.25, -0.2) is 0 Å². The van der Waals surface area contributed by atoms with Crippen molar-refractivity contribution < 1.29 is 51.6 Å². The molecule has 6 nitrogen and oxygen atoms in total. The van der Waals surface area contributed by atoms with E-state index >= 15 is 0 Å². The molecule has 0 aromatic carbocycles. The second-order valence-electron chi connectivity index (χ2n) is 4.96. The summed E-state index contributed by atoms with van der Waals surface area (Å²) in [7, 11) is 0. The molecule has 1 saturated heterocycles. The van der Waals surface area contributed by atoms with Gasteiger partial charge in [0.15, 0.2) is 11.2 Å². The van der Waals surface area contributed by atoms with Gasteiger partial charge in [-0.15, -0.1) is 11.8 Å². The van der Waals surface area contributed by atoms with E-state index in [0.717, 1.165) is 20.7 Å². The Morgan fingerprint density at radius 3 is 2.62 bits per heavy atom. The van der Waals surface area contributed by atoms with Gasteiger partial charge < -0.3 is 0 Å². The molecule has 3 atom stereocenters. The van der Waals surface area contributed by atoms with Crippen LogP contribution in [-0.4, -0.2) is 50.7 Å². The molecule has 2 rings (SSSR count). The molecule has 0 spiro atoms. The first-order valence-corrected chi connectivity index (χ1v) is 7.41. The maximum Gasteiger partial charge on any atom is 0.501 e. The zero-order chi connectivity index (χ0) is 15.0. The summed E-state index contributed by atoms with van der Waals surface area (Å²) < 4.78 is 1.76. The minimum Gasteiger partial charge on any atom is -0.293 e. The third-order valence-electron chi connectivity index (χ3n) is 3.80. The zero-order valence-corrected chi connectivity index (χ0v) is 16.0. The van der Waals surface area contributed by atoms with E-state index in [-0.39, 0.29) is 44.0 Å². The molecule has 2 heterocycles. The minimum atomic E-state index is -0.624. The van der Waals surface area contributed by atoms with Gasteiger partial charge >= 0.3 is 12.2 Å². The van der Waals surface area contributed by atoms with E-state index in [9.17, 15) is 14.5 Å². The van der Waals surface area contributed by atoms with Crippen LogP contribution in [0.3, 0.4) is 0 Å². The van der Waals surface area contributed by atoms with Crippen LogP contribution in [0.5, 0.6) is 0 Å². The van der Waals surface area contributed by atoms with Gasteiger partial charge in [-0.1, -0.05) is 5.57 Å². The Morgan fingerprint density at radius 1 is 1.48 bits per heavy atom. The predicted octanol–water partition coefficient (Wildman–Crippen LogP) is 1.10. The van der Waals surface area contributed by atoms with Crippen molar-refractivity contribution in [1.82, 2.24) is 5.32 Å². The maximum atomic E-state index is 12.1. The molecule has 0 bridgehead atoms. The quantitative estimate of drug-likeness (QED) is 0.318. The monoisotopic (exact) mass is 385 g/mol. The Labute approximate surface area is 153 Å². The van der Waals surface area contributed by atoms with Crippen molar-refractivity contribution in [2.75, 3.05) is 5.75 Å². The van der Waals surface area contributed by atoms with Crippen LogP contribution in [0.1, 0.15) is 20.8 Å². The summed E-state index contributed by atoms with van der Waals surface area (Å²) >= 11 is 1.66. The number of carbonyl (C=O) groups is 2. The number of hydrogen-bond acceptors (Lipinski definition) is 4. The van der Waals surface area contributed by atoms with E-state index < -0.39 is 18.1 Å². The summed E-state index contributed by atoms with van der Waals surface area (Å²) in [5, 5.41) is 2.64. The van der Waals surface area contributed by atoms with Crippen LogP contribution in [0.4, 0.5) is 4.79 Å².